The monoisotopic (exact) mass is 319 g/mol. The third-order valence-electron chi connectivity index (χ3n) is 5.14. The predicted molar refractivity (Wildman–Crippen MR) is 92.7 cm³/mol. The molecule has 4 heteroatoms. The van der Waals surface area contributed by atoms with Gasteiger partial charge < -0.3 is 15.4 Å². The minimum absolute atomic E-state index is 0.0903. The number of piperidine rings is 1. The zero-order chi connectivity index (χ0) is 16.4. The third-order valence-corrected chi connectivity index (χ3v) is 5.14. The van der Waals surface area contributed by atoms with Crippen molar-refractivity contribution in [1.29, 1.82) is 5.26 Å². The van der Waals surface area contributed by atoms with Gasteiger partial charge in [-0.15, -0.1) is 0 Å². The lowest BCUT2D eigenvalue weighted by atomic mass is 9.79. The molecule has 4 atom stereocenters. The highest BCUT2D eigenvalue weighted by atomic mass is 16.5. The number of rotatable bonds is 3. The summed E-state index contributed by atoms with van der Waals surface area (Å²) in [6, 6.07) is 20.6. The van der Waals surface area contributed by atoms with Crippen LogP contribution >= 0.6 is 0 Å². The Morgan fingerprint density at radius 2 is 1.71 bits per heavy atom. The van der Waals surface area contributed by atoms with Gasteiger partial charge in [-0.25, -0.2) is 0 Å². The SMILES string of the molecule is N#CC1CNC2NC[C@@H](c3ccccc3Oc3ccccc3)CC12. The summed E-state index contributed by atoms with van der Waals surface area (Å²) in [5, 5.41) is 16.4. The van der Waals surface area contributed by atoms with Crippen LogP contribution in [0.2, 0.25) is 0 Å². The molecule has 0 aromatic heterocycles. The molecule has 122 valence electrons. The van der Waals surface area contributed by atoms with Gasteiger partial charge in [-0.2, -0.15) is 5.26 Å². The third kappa shape index (κ3) is 2.89. The maximum Gasteiger partial charge on any atom is 0.130 e. The smallest absolute Gasteiger partial charge is 0.130 e. The van der Waals surface area contributed by atoms with Gasteiger partial charge in [0.1, 0.15) is 11.5 Å². The highest BCUT2D eigenvalue weighted by molar-refractivity contribution is 5.40. The molecule has 2 saturated heterocycles. The summed E-state index contributed by atoms with van der Waals surface area (Å²) < 4.78 is 6.12. The minimum atomic E-state index is 0.0903. The molecular weight excluding hydrogens is 298 g/mol. The maximum atomic E-state index is 9.37. The zero-order valence-corrected chi connectivity index (χ0v) is 13.5. The molecule has 4 nitrogen and oxygen atoms in total. The molecule has 0 saturated carbocycles. The molecule has 0 bridgehead atoms. The average Bonchev–Trinajstić information content (AvgIpc) is 3.05. The van der Waals surface area contributed by atoms with Gasteiger partial charge in [0.2, 0.25) is 0 Å². The number of nitrogens with one attached hydrogen (secondary N) is 2. The number of ether oxygens (including phenoxy) is 1. The lowest BCUT2D eigenvalue weighted by Gasteiger charge is -2.34. The van der Waals surface area contributed by atoms with Crippen molar-refractivity contribution in [3.05, 3.63) is 60.2 Å². The second-order valence-corrected chi connectivity index (χ2v) is 6.58. The fraction of sp³-hybridized carbons (Fsp3) is 0.350. The largest absolute Gasteiger partial charge is 0.457 e. The standard InChI is InChI=1S/C20H21N3O/c21-11-15-13-23-20-18(15)10-14(12-22-20)17-8-4-5-9-19(17)24-16-6-2-1-3-7-16/h1-9,14-15,18,20,22-23H,10,12-13H2/t14-,15?,18?,20?/m0/s1. The van der Waals surface area contributed by atoms with Gasteiger partial charge in [0, 0.05) is 24.9 Å². The number of para-hydroxylation sites is 2. The van der Waals surface area contributed by atoms with Crippen molar-refractivity contribution in [3.8, 4) is 17.6 Å². The van der Waals surface area contributed by atoms with Gasteiger partial charge in [-0.1, -0.05) is 36.4 Å². The molecule has 24 heavy (non-hydrogen) atoms. The summed E-state index contributed by atoms with van der Waals surface area (Å²) >= 11 is 0. The lowest BCUT2D eigenvalue weighted by Crippen LogP contribution is -2.48. The van der Waals surface area contributed by atoms with E-state index in [2.05, 4.69) is 28.8 Å². The topological polar surface area (TPSA) is 57.1 Å². The quantitative estimate of drug-likeness (QED) is 0.912. The Bertz CT molecular complexity index is 740. The Kier molecular flexibility index (Phi) is 4.20. The number of benzene rings is 2. The summed E-state index contributed by atoms with van der Waals surface area (Å²) in [6.45, 7) is 1.69. The fourth-order valence-electron chi connectivity index (χ4n) is 3.90. The first kappa shape index (κ1) is 15.2. The van der Waals surface area contributed by atoms with Crippen molar-refractivity contribution in [1.82, 2.24) is 10.6 Å². The maximum absolute atomic E-state index is 9.37. The molecule has 0 aliphatic carbocycles. The van der Waals surface area contributed by atoms with E-state index in [0.29, 0.717) is 11.8 Å². The number of nitrogens with zero attached hydrogens (tertiary/aromatic N) is 1. The second-order valence-electron chi connectivity index (χ2n) is 6.58. The van der Waals surface area contributed by atoms with Crippen LogP contribution in [0.1, 0.15) is 17.9 Å². The number of hydrogen-bond donors (Lipinski definition) is 2. The Hall–Kier alpha value is -2.35. The highest BCUT2D eigenvalue weighted by Crippen LogP contribution is 2.39. The number of nitriles is 1. The van der Waals surface area contributed by atoms with Crippen LogP contribution in [-0.2, 0) is 0 Å². The number of fused-ring (bicyclic) bond motifs is 1. The van der Waals surface area contributed by atoms with Gasteiger partial charge in [-0.3, -0.25) is 0 Å². The first-order chi connectivity index (χ1) is 11.8. The Labute approximate surface area is 142 Å². The molecule has 2 fully saturated rings. The van der Waals surface area contributed by atoms with Gasteiger partial charge in [0.25, 0.3) is 0 Å². The second kappa shape index (κ2) is 6.64. The normalized spacial score (nSPS) is 28.8. The first-order valence-corrected chi connectivity index (χ1v) is 8.53. The molecule has 2 N–H and O–H groups in total. The predicted octanol–water partition coefficient (Wildman–Crippen LogP) is 3.24. The fourth-order valence-corrected chi connectivity index (χ4v) is 3.90. The van der Waals surface area contributed by atoms with E-state index in [0.717, 1.165) is 31.0 Å². The van der Waals surface area contributed by atoms with Crippen LogP contribution < -0.4 is 15.4 Å². The number of hydrogen-bond acceptors (Lipinski definition) is 4. The molecule has 0 radical (unpaired) electrons. The van der Waals surface area contributed by atoms with Gasteiger partial charge in [0.15, 0.2) is 0 Å². The van der Waals surface area contributed by atoms with E-state index < -0.39 is 0 Å². The molecular formula is C20H21N3O. The first-order valence-electron chi connectivity index (χ1n) is 8.53. The summed E-state index contributed by atoms with van der Waals surface area (Å²) in [6.07, 6.45) is 1.28. The van der Waals surface area contributed by atoms with E-state index >= 15 is 0 Å². The Morgan fingerprint density at radius 1 is 0.958 bits per heavy atom. The molecule has 2 aromatic rings. The summed E-state index contributed by atoms with van der Waals surface area (Å²) in [7, 11) is 0. The Morgan fingerprint density at radius 3 is 2.54 bits per heavy atom. The van der Waals surface area contributed by atoms with Gasteiger partial charge in [-0.05, 0) is 30.2 Å². The van der Waals surface area contributed by atoms with E-state index in [4.69, 9.17) is 4.74 Å². The van der Waals surface area contributed by atoms with Crippen LogP contribution in [0, 0.1) is 23.2 Å². The lowest BCUT2D eigenvalue weighted by molar-refractivity contribution is 0.252. The summed E-state index contributed by atoms with van der Waals surface area (Å²) in [5.74, 6) is 2.57. The van der Waals surface area contributed by atoms with E-state index in [1.165, 1.54) is 5.56 Å². The molecule has 0 spiro atoms. The average molecular weight is 319 g/mol. The van der Waals surface area contributed by atoms with Crippen LogP contribution in [0.25, 0.3) is 0 Å². The minimum Gasteiger partial charge on any atom is -0.457 e. The van der Waals surface area contributed by atoms with Crippen molar-refractivity contribution in [2.45, 2.75) is 18.5 Å². The van der Waals surface area contributed by atoms with Crippen molar-refractivity contribution in [3.63, 3.8) is 0 Å². The zero-order valence-electron chi connectivity index (χ0n) is 13.5. The molecule has 2 heterocycles. The van der Waals surface area contributed by atoms with E-state index in [1.807, 2.05) is 42.5 Å². The van der Waals surface area contributed by atoms with Crippen LogP contribution in [0.15, 0.2) is 54.6 Å². The molecule has 3 unspecified atom stereocenters. The van der Waals surface area contributed by atoms with E-state index in [-0.39, 0.29) is 12.1 Å². The van der Waals surface area contributed by atoms with Crippen LogP contribution in [-0.4, -0.2) is 19.3 Å². The van der Waals surface area contributed by atoms with Crippen molar-refractivity contribution in [2.75, 3.05) is 13.1 Å². The van der Waals surface area contributed by atoms with Crippen molar-refractivity contribution >= 4 is 0 Å². The van der Waals surface area contributed by atoms with Gasteiger partial charge >= 0.3 is 0 Å². The van der Waals surface area contributed by atoms with Crippen molar-refractivity contribution < 1.29 is 4.74 Å². The highest BCUT2D eigenvalue weighted by Gasteiger charge is 2.41. The van der Waals surface area contributed by atoms with E-state index in [1.54, 1.807) is 0 Å². The molecule has 2 aromatic carbocycles. The molecule has 4 rings (SSSR count). The Balaban J connectivity index is 1.57. The van der Waals surface area contributed by atoms with Gasteiger partial charge in [0.05, 0.1) is 18.2 Å². The molecule has 2 aliphatic heterocycles. The van der Waals surface area contributed by atoms with Crippen molar-refractivity contribution in [2.24, 2.45) is 11.8 Å². The molecule has 2 aliphatic rings. The molecule has 0 amide bonds. The van der Waals surface area contributed by atoms with Crippen LogP contribution in [0.5, 0.6) is 11.5 Å². The van der Waals surface area contributed by atoms with E-state index in [9.17, 15) is 5.26 Å². The van der Waals surface area contributed by atoms with Crippen LogP contribution in [0.3, 0.4) is 0 Å². The summed E-state index contributed by atoms with van der Waals surface area (Å²) in [4.78, 5) is 0. The van der Waals surface area contributed by atoms with Crippen LogP contribution in [0.4, 0.5) is 0 Å². The summed E-state index contributed by atoms with van der Waals surface area (Å²) in [5.41, 5.74) is 1.22.